The average Bonchev–Trinajstić information content (AvgIpc) is 2.38. The number of hydrogen-bond acceptors (Lipinski definition) is 4. The van der Waals surface area contributed by atoms with E-state index in [4.69, 9.17) is 0 Å². The molecule has 19 heavy (non-hydrogen) atoms. The van der Waals surface area contributed by atoms with Gasteiger partial charge in [0.1, 0.15) is 11.5 Å². The molecule has 0 aliphatic heterocycles. The van der Waals surface area contributed by atoms with E-state index in [9.17, 15) is 18.0 Å². The van der Waals surface area contributed by atoms with E-state index in [1.165, 1.54) is 6.92 Å². The third kappa shape index (κ3) is 3.97. The van der Waals surface area contributed by atoms with Crippen molar-refractivity contribution in [2.75, 3.05) is 6.61 Å². The van der Waals surface area contributed by atoms with Gasteiger partial charge in [-0.25, -0.2) is 18.0 Å². The van der Waals surface area contributed by atoms with Crippen molar-refractivity contribution in [2.24, 2.45) is 5.10 Å². The minimum absolute atomic E-state index is 0.000862. The fourth-order valence-electron chi connectivity index (χ4n) is 1.25. The molecule has 0 unspecified atom stereocenters. The van der Waals surface area contributed by atoms with Gasteiger partial charge in [0.25, 0.3) is 0 Å². The first-order valence-electron chi connectivity index (χ1n) is 5.54. The van der Waals surface area contributed by atoms with Crippen LogP contribution < -0.4 is 5.43 Å². The standard InChI is InChI=1S/C12H13F3N2O2/c1-3-19-12(18)7(2)17-16-6-8-9(13)4-5-10(14)11(8)15/h4-5,16H,3,6H2,1-2H3/b17-7+. The van der Waals surface area contributed by atoms with Crippen molar-refractivity contribution >= 4 is 11.7 Å². The highest BCUT2D eigenvalue weighted by Gasteiger charge is 2.13. The summed E-state index contributed by atoms with van der Waals surface area (Å²) in [5, 5.41) is 3.59. The van der Waals surface area contributed by atoms with Crippen LogP contribution in [0.5, 0.6) is 0 Å². The van der Waals surface area contributed by atoms with Gasteiger partial charge >= 0.3 is 5.97 Å². The van der Waals surface area contributed by atoms with Gasteiger partial charge in [0.2, 0.25) is 0 Å². The molecule has 1 rings (SSSR count). The van der Waals surface area contributed by atoms with E-state index in [0.717, 1.165) is 6.07 Å². The Hall–Kier alpha value is -2.05. The van der Waals surface area contributed by atoms with Crippen LogP contribution in [-0.4, -0.2) is 18.3 Å². The van der Waals surface area contributed by atoms with Crippen LogP contribution in [0.15, 0.2) is 17.2 Å². The third-order valence-electron chi connectivity index (χ3n) is 2.21. The fraction of sp³-hybridized carbons (Fsp3) is 0.333. The number of ether oxygens (including phenoxy) is 1. The van der Waals surface area contributed by atoms with Crippen LogP contribution in [0.2, 0.25) is 0 Å². The Morgan fingerprint density at radius 1 is 1.32 bits per heavy atom. The Balaban J connectivity index is 2.70. The first-order chi connectivity index (χ1) is 8.97. The molecule has 1 aromatic rings. The molecule has 1 N–H and O–H groups in total. The summed E-state index contributed by atoms with van der Waals surface area (Å²) in [5.41, 5.74) is 1.80. The third-order valence-corrected chi connectivity index (χ3v) is 2.21. The minimum Gasteiger partial charge on any atom is -0.461 e. The highest BCUT2D eigenvalue weighted by Crippen LogP contribution is 2.15. The van der Waals surface area contributed by atoms with Gasteiger partial charge in [-0.1, -0.05) is 0 Å². The van der Waals surface area contributed by atoms with Gasteiger partial charge in [-0.15, -0.1) is 0 Å². The number of esters is 1. The number of benzene rings is 1. The molecular formula is C12H13F3N2O2. The molecule has 0 aromatic heterocycles. The molecule has 0 amide bonds. The number of hydrazone groups is 1. The molecule has 0 aliphatic carbocycles. The maximum absolute atomic E-state index is 13.3. The summed E-state index contributed by atoms with van der Waals surface area (Å²) < 4.78 is 44.1. The monoisotopic (exact) mass is 274 g/mol. The van der Waals surface area contributed by atoms with Crippen LogP contribution in [0.4, 0.5) is 13.2 Å². The van der Waals surface area contributed by atoms with Crippen LogP contribution in [0, 0.1) is 17.5 Å². The zero-order chi connectivity index (χ0) is 14.4. The van der Waals surface area contributed by atoms with E-state index in [1.807, 2.05) is 0 Å². The van der Waals surface area contributed by atoms with Gasteiger partial charge in [-0.05, 0) is 26.0 Å². The van der Waals surface area contributed by atoms with E-state index >= 15 is 0 Å². The lowest BCUT2D eigenvalue weighted by Gasteiger charge is -2.06. The summed E-state index contributed by atoms with van der Waals surface area (Å²) in [6, 6.07) is 1.51. The summed E-state index contributed by atoms with van der Waals surface area (Å²) in [4.78, 5) is 11.2. The molecule has 7 heteroatoms. The van der Waals surface area contributed by atoms with Crippen LogP contribution in [-0.2, 0) is 16.1 Å². The second-order valence-corrected chi connectivity index (χ2v) is 3.57. The van der Waals surface area contributed by atoms with Crippen molar-refractivity contribution in [2.45, 2.75) is 20.4 Å². The highest BCUT2D eigenvalue weighted by atomic mass is 19.2. The normalized spacial score (nSPS) is 11.3. The first-order valence-corrected chi connectivity index (χ1v) is 5.54. The summed E-state index contributed by atoms with van der Waals surface area (Å²) in [6.07, 6.45) is 0. The molecule has 0 fully saturated rings. The summed E-state index contributed by atoms with van der Waals surface area (Å²) in [6.45, 7) is 2.82. The number of nitrogens with one attached hydrogen (secondary N) is 1. The Morgan fingerprint density at radius 3 is 2.58 bits per heavy atom. The van der Waals surface area contributed by atoms with Crippen LogP contribution >= 0.6 is 0 Å². The molecule has 0 radical (unpaired) electrons. The number of nitrogens with zero attached hydrogens (tertiary/aromatic N) is 1. The van der Waals surface area contributed by atoms with Crippen molar-refractivity contribution in [3.05, 3.63) is 35.1 Å². The van der Waals surface area contributed by atoms with Gasteiger partial charge in [-0.3, -0.25) is 0 Å². The lowest BCUT2D eigenvalue weighted by molar-refractivity contribution is -0.135. The summed E-state index contributed by atoms with van der Waals surface area (Å²) >= 11 is 0. The molecule has 4 nitrogen and oxygen atoms in total. The van der Waals surface area contributed by atoms with Gasteiger partial charge in [0.05, 0.1) is 13.2 Å². The van der Waals surface area contributed by atoms with Crippen LogP contribution in [0.1, 0.15) is 19.4 Å². The second-order valence-electron chi connectivity index (χ2n) is 3.57. The van der Waals surface area contributed by atoms with Gasteiger partial charge < -0.3 is 10.2 Å². The molecule has 0 saturated heterocycles. The van der Waals surface area contributed by atoms with Gasteiger partial charge in [0, 0.05) is 5.56 Å². The van der Waals surface area contributed by atoms with E-state index in [1.54, 1.807) is 6.92 Å². The zero-order valence-corrected chi connectivity index (χ0v) is 10.5. The Labute approximate surface area is 108 Å². The smallest absolute Gasteiger partial charge is 0.354 e. The molecule has 0 atom stereocenters. The van der Waals surface area contributed by atoms with Crippen molar-refractivity contribution in [1.29, 1.82) is 0 Å². The van der Waals surface area contributed by atoms with Crippen molar-refractivity contribution in [3.63, 3.8) is 0 Å². The minimum atomic E-state index is -1.28. The molecule has 1 aromatic carbocycles. The summed E-state index contributed by atoms with van der Waals surface area (Å²) in [7, 11) is 0. The molecule has 0 saturated carbocycles. The SMILES string of the molecule is CCOC(=O)/C(C)=N/NCc1c(F)ccc(F)c1F. The fourth-order valence-corrected chi connectivity index (χ4v) is 1.25. The molecule has 104 valence electrons. The quantitative estimate of drug-likeness (QED) is 0.387. The molecule has 0 aliphatic rings. The summed E-state index contributed by atoms with van der Waals surface area (Å²) in [5.74, 6) is -3.97. The first kappa shape index (κ1) is 15.0. The topological polar surface area (TPSA) is 50.7 Å². The lowest BCUT2D eigenvalue weighted by atomic mass is 10.2. The van der Waals surface area contributed by atoms with E-state index in [2.05, 4.69) is 15.3 Å². The van der Waals surface area contributed by atoms with E-state index in [-0.39, 0.29) is 18.9 Å². The Morgan fingerprint density at radius 2 is 1.95 bits per heavy atom. The van der Waals surface area contributed by atoms with Gasteiger partial charge in [0.15, 0.2) is 11.6 Å². The zero-order valence-electron chi connectivity index (χ0n) is 10.5. The van der Waals surface area contributed by atoms with Crippen LogP contribution in [0.3, 0.4) is 0 Å². The van der Waals surface area contributed by atoms with E-state index in [0.29, 0.717) is 6.07 Å². The molecule has 0 spiro atoms. The Bertz CT molecular complexity index is 504. The maximum atomic E-state index is 13.3. The van der Waals surface area contributed by atoms with Gasteiger partial charge in [-0.2, -0.15) is 5.10 Å². The number of halogens is 3. The second kappa shape index (κ2) is 6.77. The Kier molecular flexibility index (Phi) is 5.35. The average molecular weight is 274 g/mol. The number of hydrogen-bond donors (Lipinski definition) is 1. The largest absolute Gasteiger partial charge is 0.461 e. The molecule has 0 heterocycles. The molecular weight excluding hydrogens is 261 g/mol. The van der Waals surface area contributed by atoms with E-state index < -0.39 is 29.0 Å². The highest BCUT2D eigenvalue weighted by molar-refractivity contribution is 6.35. The maximum Gasteiger partial charge on any atom is 0.354 e. The van der Waals surface area contributed by atoms with Crippen molar-refractivity contribution in [1.82, 2.24) is 5.43 Å². The number of rotatable bonds is 5. The molecule has 0 bridgehead atoms. The van der Waals surface area contributed by atoms with Crippen molar-refractivity contribution < 1.29 is 22.7 Å². The number of carbonyl (C=O) groups is 1. The lowest BCUT2D eigenvalue weighted by Crippen LogP contribution is -2.19. The van der Waals surface area contributed by atoms with Crippen LogP contribution in [0.25, 0.3) is 0 Å². The predicted octanol–water partition coefficient (Wildman–Crippen LogP) is 2.13. The predicted molar refractivity (Wildman–Crippen MR) is 62.9 cm³/mol. The van der Waals surface area contributed by atoms with Crippen molar-refractivity contribution in [3.8, 4) is 0 Å². The number of carbonyl (C=O) groups excluding carboxylic acids is 1.